The molecule has 4 nitrogen and oxygen atoms in total. The summed E-state index contributed by atoms with van der Waals surface area (Å²) in [6.45, 7) is 11.1. The zero-order chi connectivity index (χ0) is 24.8. The summed E-state index contributed by atoms with van der Waals surface area (Å²) in [5.74, 6) is -0.651. The lowest BCUT2D eigenvalue weighted by Gasteiger charge is -2.17. The van der Waals surface area contributed by atoms with Crippen LogP contribution in [0.5, 0.6) is 0 Å². The molecule has 0 rings (SSSR count). The Morgan fingerprint density at radius 1 is 0.576 bits per heavy atom. The smallest absolute Gasteiger partial charge is 0.303 e. The highest BCUT2D eigenvalue weighted by molar-refractivity contribution is 5.66. The third-order valence-electron chi connectivity index (χ3n) is 6.55. The SMILES string of the molecule is CCCN.CCN(CC)CCCCCCCCCCCCCCCCCCCCCC(=O)O. The Morgan fingerprint density at radius 3 is 1.09 bits per heavy atom. The van der Waals surface area contributed by atoms with Crippen molar-refractivity contribution in [1.82, 2.24) is 4.90 Å². The molecule has 3 N–H and O–H groups in total. The molecule has 0 aliphatic carbocycles. The molecular weight excluding hydrogens is 408 g/mol. The fourth-order valence-corrected chi connectivity index (χ4v) is 4.16. The molecule has 0 bridgehead atoms. The van der Waals surface area contributed by atoms with Gasteiger partial charge in [0.25, 0.3) is 0 Å². The fraction of sp³-hybridized carbons (Fsp3) is 0.966. The lowest BCUT2D eigenvalue weighted by atomic mass is 10.0. The van der Waals surface area contributed by atoms with E-state index in [1.165, 1.54) is 129 Å². The van der Waals surface area contributed by atoms with Crippen LogP contribution < -0.4 is 5.73 Å². The maximum Gasteiger partial charge on any atom is 0.303 e. The standard InChI is InChI=1S/C26H53NO2.C3H9N/c1-3-27(4-2)25-23-21-19-17-15-13-11-9-7-5-6-8-10-12-14-16-18-20-22-24-26(28)29;1-2-3-4/h3-25H2,1-2H3,(H,28,29);2-4H2,1H3. The van der Waals surface area contributed by atoms with Crippen LogP contribution in [0, 0.1) is 0 Å². The molecule has 0 aromatic carbocycles. The first-order chi connectivity index (χ1) is 16.1. The van der Waals surface area contributed by atoms with Crippen molar-refractivity contribution in [3.8, 4) is 0 Å². The predicted octanol–water partition coefficient (Wildman–Crippen LogP) is 8.57. The lowest BCUT2D eigenvalue weighted by Crippen LogP contribution is -2.23. The van der Waals surface area contributed by atoms with Gasteiger partial charge in [0.2, 0.25) is 0 Å². The average molecular weight is 471 g/mol. The second kappa shape index (κ2) is 31.4. The topological polar surface area (TPSA) is 66.6 Å². The van der Waals surface area contributed by atoms with Crippen LogP contribution in [0.1, 0.15) is 156 Å². The molecule has 0 saturated heterocycles. The minimum absolute atomic E-state index is 0.344. The first-order valence-electron chi connectivity index (χ1n) is 14.8. The van der Waals surface area contributed by atoms with Gasteiger partial charge in [-0.1, -0.05) is 130 Å². The van der Waals surface area contributed by atoms with E-state index in [2.05, 4.69) is 25.7 Å². The van der Waals surface area contributed by atoms with Gasteiger partial charge in [0.05, 0.1) is 0 Å². The Hall–Kier alpha value is -0.610. The molecule has 4 heteroatoms. The lowest BCUT2D eigenvalue weighted by molar-refractivity contribution is -0.137. The van der Waals surface area contributed by atoms with Gasteiger partial charge < -0.3 is 15.7 Å². The van der Waals surface area contributed by atoms with Crippen LogP contribution in [0.25, 0.3) is 0 Å². The number of carboxylic acid groups (broad SMARTS) is 1. The molecule has 0 spiro atoms. The maximum absolute atomic E-state index is 10.4. The molecule has 0 aliphatic heterocycles. The number of aliphatic carboxylic acids is 1. The van der Waals surface area contributed by atoms with Crippen molar-refractivity contribution in [2.75, 3.05) is 26.2 Å². The molecule has 0 aromatic heterocycles. The summed E-state index contributed by atoms with van der Waals surface area (Å²) in [5.41, 5.74) is 5.03. The fourth-order valence-electron chi connectivity index (χ4n) is 4.16. The van der Waals surface area contributed by atoms with Crippen molar-refractivity contribution in [1.29, 1.82) is 0 Å². The molecular formula is C29H62N2O2. The van der Waals surface area contributed by atoms with E-state index in [1.807, 2.05) is 0 Å². The Kier molecular flexibility index (Phi) is 32.9. The molecule has 0 fully saturated rings. The molecule has 0 radical (unpaired) electrons. The van der Waals surface area contributed by atoms with Crippen LogP contribution in [-0.4, -0.2) is 42.2 Å². The Balaban J connectivity index is 0. The number of unbranched alkanes of at least 4 members (excludes halogenated alkanes) is 18. The minimum atomic E-state index is -0.651. The van der Waals surface area contributed by atoms with Gasteiger partial charge in [-0.3, -0.25) is 4.79 Å². The molecule has 0 amide bonds. The molecule has 0 atom stereocenters. The summed E-state index contributed by atoms with van der Waals surface area (Å²) < 4.78 is 0. The highest BCUT2D eigenvalue weighted by atomic mass is 16.4. The highest BCUT2D eigenvalue weighted by Gasteiger charge is 1.99. The van der Waals surface area contributed by atoms with Crippen molar-refractivity contribution in [3.63, 3.8) is 0 Å². The number of hydrogen-bond acceptors (Lipinski definition) is 3. The average Bonchev–Trinajstić information content (AvgIpc) is 2.82. The molecule has 33 heavy (non-hydrogen) atoms. The van der Waals surface area contributed by atoms with E-state index in [4.69, 9.17) is 10.8 Å². The van der Waals surface area contributed by atoms with Gasteiger partial charge in [0.1, 0.15) is 0 Å². The van der Waals surface area contributed by atoms with E-state index in [1.54, 1.807) is 0 Å². The van der Waals surface area contributed by atoms with Gasteiger partial charge in [-0.2, -0.15) is 0 Å². The maximum atomic E-state index is 10.4. The van der Waals surface area contributed by atoms with Crippen molar-refractivity contribution in [2.24, 2.45) is 5.73 Å². The van der Waals surface area contributed by atoms with Crippen LogP contribution in [-0.2, 0) is 4.79 Å². The summed E-state index contributed by atoms with van der Waals surface area (Å²) in [6.07, 6.45) is 27.1. The van der Waals surface area contributed by atoms with Gasteiger partial charge in [-0.05, 0) is 45.4 Å². The molecule has 0 unspecified atom stereocenters. The van der Waals surface area contributed by atoms with Crippen molar-refractivity contribution < 1.29 is 9.90 Å². The van der Waals surface area contributed by atoms with Crippen molar-refractivity contribution in [3.05, 3.63) is 0 Å². The van der Waals surface area contributed by atoms with E-state index in [9.17, 15) is 4.79 Å². The third-order valence-corrected chi connectivity index (χ3v) is 6.55. The summed E-state index contributed by atoms with van der Waals surface area (Å²) in [7, 11) is 0. The summed E-state index contributed by atoms with van der Waals surface area (Å²) >= 11 is 0. The second-order valence-electron chi connectivity index (χ2n) is 9.68. The first-order valence-corrected chi connectivity index (χ1v) is 14.8. The zero-order valence-electron chi connectivity index (χ0n) is 23.1. The highest BCUT2D eigenvalue weighted by Crippen LogP contribution is 2.15. The number of rotatable bonds is 25. The van der Waals surface area contributed by atoms with Gasteiger partial charge in [-0.15, -0.1) is 0 Å². The van der Waals surface area contributed by atoms with Crippen LogP contribution >= 0.6 is 0 Å². The van der Waals surface area contributed by atoms with Gasteiger partial charge >= 0.3 is 5.97 Å². The number of carbonyl (C=O) groups is 1. The van der Waals surface area contributed by atoms with E-state index in [-0.39, 0.29) is 0 Å². The Bertz CT molecular complexity index is 358. The van der Waals surface area contributed by atoms with Crippen LogP contribution in [0.15, 0.2) is 0 Å². The third kappa shape index (κ3) is 33.6. The largest absolute Gasteiger partial charge is 0.481 e. The number of carboxylic acids is 1. The van der Waals surface area contributed by atoms with Crippen molar-refractivity contribution >= 4 is 5.97 Å². The first kappa shape index (κ1) is 34.6. The van der Waals surface area contributed by atoms with Crippen LogP contribution in [0.3, 0.4) is 0 Å². The van der Waals surface area contributed by atoms with Crippen LogP contribution in [0.2, 0.25) is 0 Å². The van der Waals surface area contributed by atoms with E-state index in [0.29, 0.717) is 6.42 Å². The minimum Gasteiger partial charge on any atom is -0.481 e. The molecule has 0 saturated carbocycles. The Morgan fingerprint density at radius 2 is 0.848 bits per heavy atom. The molecule has 0 aliphatic rings. The van der Waals surface area contributed by atoms with Gasteiger partial charge in [0, 0.05) is 6.42 Å². The van der Waals surface area contributed by atoms with E-state index < -0.39 is 5.97 Å². The molecule has 200 valence electrons. The second-order valence-corrected chi connectivity index (χ2v) is 9.68. The quantitative estimate of drug-likeness (QED) is 0.131. The monoisotopic (exact) mass is 470 g/mol. The Labute approximate surface area is 208 Å². The molecule has 0 aromatic rings. The number of nitrogens with zero attached hydrogens (tertiary/aromatic N) is 1. The normalized spacial score (nSPS) is 10.9. The number of nitrogens with two attached hydrogens (primary N) is 1. The summed E-state index contributed by atoms with van der Waals surface area (Å²) in [5, 5.41) is 8.59. The summed E-state index contributed by atoms with van der Waals surface area (Å²) in [4.78, 5) is 13.0. The summed E-state index contributed by atoms with van der Waals surface area (Å²) in [6, 6.07) is 0. The van der Waals surface area contributed by atoms with E-state index in [0.717, 1.165) is 25.8 Å². The molecule has 0 heterocycles. The zero-order valence-corrected chi connectivity index (χ0v) is 23.1. The van der Waals surface area contributed by atoms with Crippen molar-refractivity contribution in [2.45, 2.75) is 156 Å². The van der Waals surface area contributed by atoms with E-state index >= 15 is 0 Å². The van der Waals surface area contributed by atoms with Crippen LogP contribution in [0.4, 0.5) is 0 Å². The van der Waals surface area contributed by atoms with Gasteiger partial charge in [-0.25, -0.2) is 0 Å². The van der Waals surface area contributed by atoms with Gasteiger partial charge in [0.15, 0.2) is 0 Å². The predicted molar refractivity (Wildman–Crippen MR) is 147 cm³/mol. The number of hydrogen-bond donors (Lipinski definition) is 2.